The average Bonchev–Trinajstić information content (AvgIpc) is 3.06. The highest BCUT2D eigenvalue weighted by atomic mass is 16.5. The lowest BCUT2D eigenvalue weighted by atomic mass is 10.0. The first-order valence-electron chi connectivity index (χ1n) is 8.42. The molecular weight excluding hydrogens is 310 g/mol. The van der Waals surface area contributed by atoms with Crippen LogP contribution in [0.4, 0.5) is 0 Å². The van der Waals surface area contributed by atoms with Gasteiger partial charge in [0.1, 0.15) is 11.4 Å². The van der Waals surface area contributed by atoms with Gasteiger partial charge in [-0.2, -0.15) is 0 Å². The summed E-state index contributed by atoms with van der Waals surface area (Å²) >= 11 is 0. The summed E-state index contributed by atoms with van der Waals surface area (Å²) in [6.45, 7) is 2.67. The molecule has 4 aromatic rings. The summed E-state index contributed by atoms with van der Waals surface area (Å²) in [6.07, 6.45) is 8.36. The van der Waals surface area contributed by atoms with Crippen molar-refractivity contribution in [2.45, 2.75) is 13.3 Å². The third-order valence-electron chi connectivity index (χ3n) is 4.26. The number of benzene rings is 1. The number of para-hydroxylation sites is 1. The lowest BCUT2D eigenvalue weighted by Gasteiger charge is -2.09. The first kappa shape index (κ1) is 15.4. The fourth-order valence-corrected chi connectivity index (χ4v) is 3.05. The molecule has 0 aliphatic carbocycles. The van der Waals surface area contributed by atoms with Gasteiger partial charge in [0, 0.05) is 47.7 Å². The predicted octanol–water partition coefficient (Wildman–Crippen LogP) is 4.61. The van der Waals surface area contributed by atoms with Gasteiger partial charge >= 0.3 is 0 Å². The van der Waals surface area contributed by atoms with Gasteiger partial charge < -0.3 is 9.72 Å². The van der Waals surface area contributed by atoms with Crippen molar-refractivity contribution >= 4 is 11.0 Å². The number of rotatable bonds is 5. The Morgan fingerprint density at radius 3 is 2.76 bits per heavy atom. The van der Waals surface area contributed by atoms with Gasteiger partial charge in [-0.25, -0.2) is 4.98 Å². The van der Waals surface area contributed by atoms with Crippen molar-refractivity contribution in [2.24, 2.45) is 0 Å². The number of aromatic amines is 1. The monoisotopic (exact) mass is 329 g/mol. The van der Waals surface area contributed by atoms with E-state index in [-0.39, 0.29) is 0 Å². The number of hydrogen-bond donors (Lipinski definition) is 1. The van der Waals surface area contributed by atoms with Crippen LogP contribution in [0, 0.1) is 0 Å². The Labute approximate surface area is 146 Å². The second-order valence-electron chi connectivity index (χ2n) is 5.89. The molecule has 4 nitrogen and oxygen atoms in total. The van der Waals surface area contributed by atoms with Gasteiger partial charge in [0.25, 0.3) is 0 Å². The summed E-state index contributed by atoms with van der Waals surface area (Å²) < 4.78 is 5.76. The number of ether oxygens (including phenoxy) is 1. The number of H-pyrrole nitrogens is 1. The molecule has 3 heterocycles. The standard InChI is InChI=1S/C21H19N3O/c1-2-25-20-8-4-3-6-15(20)10-18-14-24-21-19(18)11-17(13-23-21)16-7-5-9-22-12-16/h3-9,11-14H,2,10H2,1H3,(H,23,24). The minimum Gasteiger partial charge on any atom is -0.494 e. The summed E-state index contributed by atoms with van der Waals surface area (Å²) in [4.78, 5) is 12.0. The van der Waals surface area contributed by atoms with E-state index in [0.717, 1.165) is 34.3 Å². The van der Waals surface area contributed by atoms with Crippen LogP contribution in [0.25, 0.3) is 22.2 Å². The van der Waals surface area contributed by atoms with Crippen LogP contribution in [0.1, 0.15) is 18.1 Å². The van der Waals surface area contributed by atoms with E-state index in [1.807, 2.05) is 55.8 Å². The number of aromatic nitrogens is 3. The molecule has 0 radical (unpaired) electrons. The highest BCUT2D eigenvalue weighted by Crippen LogP contribution is 2.28. The first-order chi connectivity index (χ1) is 12.3. The predicted molar refractivity (Wildman–Crippen MR) is 99.7 cm³/mol. The number of nitrogens with one attached hydrogen (secondary N) is 1. The van der Waals surface area contributed by atoms with Crippen LogP contribution < -0.4 is 4.74 Å². The Kier molecular flexibility index (Phi) is 4.17. The smallest absolute Gasteiger partial charge is 0.137 e. The summed E-state index contributed by atoms with van der Waals surface area (Å²) in [5.41, 5.74) is 5.42. The largest absolute Gasteiger partial charge is 0.494 e. The fourth-order valence-electron chi connectivity index (χ4n) is 3.05. The molecule has 0 atom stereocenters. The van der Waals surface area contributed by atoms with E-state index in [9.17, 15) is 0 Å². The van der Waals surface area contributed by atoms with Gasteiger partial charge in [0.05, 0.1) is 6.61 Å². The number of pyridine rings is 2. The van der Waals surface area contributed by atoms with Crippen LogP contribution in [-0.4, -0.2) is 21.6 Å². The van der Waals surface area contributed by atoms with Crippen molar-refractivity contribution in [3.8, 4) is 16.9 Å². The van der Waals surface area contributed by atoms with E-state index in [1.54, 1.807) is 6.20 Å². The van der Waals surface area contributed by atoms with Crippen LogP contribution >= 0.6 is 0 Å². The van der Waals surface area contributed by atoms with Gasteiger partial charge in [0.15, 0.2) is 0 Å². The maximum atomic E-state index is 5.76. The molecule has 0 fully saturated rings. The summed E-state index contributed by atoms with van der Waals surface area (Å²) in [5, 5.41) is 1.13. The molecule has 0 saturated heterocycles. The molecule has 3 aromatic heterocycles. The fraction of sp³-hybridized carbons (Fsp3) is 0.143. The lowest BCUT2D eigenvalue weighted by Crippen LogP contribution is -1.97. The SMILES string of the molecule is CCOc1ccccc1Cc1c[nH]c2ncc(-c3cccnc3)cc12. The molecule has 0 bridgehead atoms. The van der Waals surface area contributed by atoms with Gasteiger partial charge in [-0.3, -0.25) is 4.98 Å². The van der Waals surface area contributed by atoms with E-state index >= 15 is 0 Å². The van der Waals surface area contributed by atoms with E-state index in [2.05, 4.69) is 27.1 Å². The normalized spacial score (nSPS) is 10.9. The zero-order valence-corrected chi connectivity index (χ0v) is 14.1. The highest BCUT2D eigenvalue weighted by Gasteiger charge is 2.10. The van der Waals surface area contributed by atoms with Crippen LogP contribution in [0.3, 0.4) is 0 Å². The quantitative estimate of drug-likeness (QED) is 0.581. The number of hydrogen-bond acceptors (Lipinski definition) is 3. The number of fused-ring (bicyclic) bond motifs is 1. The van der Waals surface area contributed by atoms with Crippen LogP contribution in [0.5, 0.6) is 5.75 Å². The molecule has 0 aliphatic rings. The zero-order valence-electron chi connectivity index (χ0n) is 14.1. The van der Waals surface area contributed by atoms with Gasteiger partial charge in [-0.15, -0.1) is 0 Å². The Hall–Kier alpha value is -3.14. The average molecular weight is 329 g/mol. The molecule has 25 heavy (non-hydrogen) atoms. The summed E-state index contributed by atoms with van der Waals surface area (Å²) in [5.74, 6) is 0.940. The lowest BCUT2D eigenvalue weighted by molar-refractivity contribution is 0.337. The Morgan fingerprint density at radius 1 is 1.00 bits per heavy atom. The van der Waals surface area contributed by atoms with Crippen molar-refractivity contribution in [3.63, 3.8) is 0 Å². The number of nitrogens with zero attached hydrogens (tertiary/aromatic N) is 2. The minimum atomic E-state index is 0.664. The van der Waals surface area contributed by atoms with E-state index < -0.39 is 0 Å². The molecule has 0 saturated carbocycles. The maximum Gasteiger partial charge on any atom is 0.137 e. The van der Waals surface area contributed by atoms with Crippen LogP contribution in [0.15, 0.2) is 67.3 Å². The maximum absolute atomic E-state index is 5.76. The molecule has 1 aromatic carbocycles. The Balaban J connectivity index is 1.73. The summed E-state index contributed by atoms with van der Waals surface area (Å²) in [7, 11) is 0. The van der Waals surface area contributed by atoms with Crippen LogP contribution in [0.2, 0.25) is 0 Å². The van der Waals surface area contributed by atoms with Crippen molar-refractivity contribution in [1.29, 1.82) is 0 Å². The van der Waals surface area contributed by atoms with Crippen molar-refractivity contribution in [2.75, 3.05) is 6.61 Å². The second kappa shape index (κ2) is 6.77. The molecule has 0 amide bonds. The topological polar surface area (TPSA) is 50.8 Å². The molecule has 4 rings (SSSR count). The van der Waals surface area contributed by atoms with E-state index in [1.165, 1.54) is 11.1 Å². The van der Waals surface area contributed by atoms with Gasteiger partial charge in [0.2, 0.25) is 0 Å². The third-order valence-corrected chi connectivity index (χ3v) is 4.26. The zero-order chi connectivity index (χ0) is 17.1. The molecule has 0 spiro atoms. The second-order valence-corrected chi connectivity index (χ2v) is 5.89. The van der Waals surface area contributed by atoms with E-state index in [0.29, 0.717) is 6.61 Å². The van der Waals surface area contributed by atoms with Crippen molar-refractivity contribution < 1.29 is 4.74 Å². The molecule has 0 unspecified atom stereocenters. The Bertz CT molecular complexity index is 992. The first-order valence-corrected chi connectivity index (χ1v) is 8.42. The third kappa shape index (κ3) is 3.11. The molecule has 4 heteroatoms. The van der Waals surface area contributed by atoms with E-state index in [4.69, 9.17) is 4.74 Å². The molecular formula is C21H19N3O. The minimum absolute atomic E-state index is 0.664. The van der Waals surface area contributed by atoms with Crippen LogP contribution in [-0.2, 0) is 6.42 Å². The van der Waals surface area contributed by atoms with Gasteiger partial charge in [-0.05, 0) is 36.2 Å². The molecule has 1 N–H and O–H groups in total. The van der Waals surface area contributed by atoms with Gasteiger partial charge in [-0.1, -0.05) is 24.3 Å². The summed E-state index contributed by atoms with van der Waals surface area (Å²) in [6, 6.07) is 14.4. The Morgan fingerprint density at radius 2 is 1.92 bits per heavy atom. The highest BCUT2D eigenvalue weighted by molar-refractivity contribution is 5.84. The van der Waals surface area contributed by atoms with Crippen molar-refractivity contribution in [3.05, 3.63) is 78.4 Å². The molecule has 124 valence electrons. The molecule has 0 aliphatic heterocycles. The van der Waals surface area contributed by atoms with Crippen molar-refractivity contribution in [1.82, 2.24) is 15.0 Å².